The number of carbonyl (C=O) groups is 2. The van der Waals surface area contributed by atoms with Crippen molar-refractivity contribution in [3.8, 4) is 34.1 Å². The van der Waals surface area contributed by atoms with E-state index >= 15 is 0 Å². The van der Waals surface area contributed by atoms with Gasteiger partial charge in [0.25, 0.3) is 0 Å². The summed E-state index contributed by atoms with van der Waals surface area (Å²) in [4.78, 5) is 25.6. The van der Waals surface area contributed by atoms with E-state index in [9.17, 15) is 14.7 Å². The average molecular weight is 430 g/mol. The second-order valence-electron chi connectivity index (χ2n) is 6.32. The molecule has 0 fully saturated rings. The molecule has 1 N–H and O–H groups in total. The summed E-state index contributed by atoms with van der Waals surface area (Å²) in [6.45, 7) is 1.66. The minimum atomic E-state index is -0.721. The number of carbonyl (C=O) groups excluding carboxylic acids is 2. The molecule has 0 spiro atoms. The van der Waals surface area contributed by atoms with E-state index < -0.39 is 5.97 Å². The molecule has 1 aromatic heterocycles. The van der Waals surface area contributed by atoms with Crippen LogP contribution in [-0.2, 0) is 4.74 Å². The molecule has 1 heterocycles. The van der Waals surface area contributed by atoms with Crippen molar-refractivity contribution in [1.29, 1.82) is 0 Å². The van der Waals surface area contributed by atoms with Gasteiger partial charge >= 0.3 is 5.97 Å². The number of ketones is 1. The fourth-order valence-corrected chi connectivity index (χ4v) is 4.50. The van der Waals surface area contributed by atoms with Crippen LogP contribution in [0.25, 0.3) is 21.2 Å². The van der Waals surface area contributed by atoms with Gasteiger partial charge in [0.15, 0.2) is 17.3 Å². The summed E-state index contributed by atoms with van der Waals surface area (Å²) in [6, 6.07) is 5.18. The molecule has 7 nitrogen and oxygen atoms in total. The molecule has 0 saturated heterocycles. The zero-order chi connectivity index (χ0) is 22.0. The van der Waals surface area contributed by atoms with Crippen LogP contribution < -0.4 is 14.2 Å². The maximum atomic E-state index is 12.8. The zero-order valence-corrected chi connectivity index (χ0v) is 18.1. The van der Waals surface area contributed by atoms with E-state index in [2.05, 4.69) is 0 Å². The second-order valence-corrected chi connectivity index (χ2v) is 7.20. The monoisotopic (exact) mass is 430 g/mol. The molecule has 8 heteroatoms. The average Bonchev–Trinajstić information content (AvgIpc) is 3.21. The number of hydrogen-bond donors (Lipinski definition) is 1. The third-order valence-electron chi connectivity index (χ3n) is 4.84. The van der Waals surface area contributed by atoms with Crippen molar-refractivity contribution >= 4 is 33.2 Å². The van der Waals surface area contributed by atoms with Crippen LogP contribution >= 0.6 is 11.3 Å². The molecule has 0 unspecified atom stereocenters. The summed E-state index contributed by atoms with van der Waals surface area (Å²) in [5, 5.41) is 13.1. The number of ether oxygens (including phenoxy) is 4. The second kappa shape index (κ2) is 8.62. The number of fused-ring (bicyclic) bond motifs is 1. The SMILES string of the molecule is CCC(=O)c1c(C(=O)OC)c(-c2ccc(OC)c(OC)c2)c2scc(OC)c2c1O. The maximum absolute atomic E-state index is 12.8. The largest absolute Gasteiger partial charge is 0.506 e. The number of esters is 1. The predicted octanol–water partition coefficient (Wildman–Crippen LogP) is 4.68. The van der Waals surface area contributed by atoms with Gasteiger partial charge < -0.3 is 24.1 Å². The first-order chi connectivity index (χ1) is 14.4. The molecule has 0 aliphatic carbocycles. The molecule has 0 bridgehead atoms. The van der Waals surface area contributed by atoms with Gasteiger partial charge in [0.05, 0.1) is 49.7 Å². The van der Waals surface area contributed by atoms with Gasteiger partial charge in [0.2, 0.25) is 0 Å². The molecule has 3 aromatic rings. The number of Topliss-reactive ketones (excluding diaryl/α,β-unsaturated/α-hetero) is 1. The van der Waals surface area contributed by atoms with Crippen LogP contribution in [0.5, 0.6) is 23.0 Å². The summed E-state index contributed by atoms with van der Waals surface area (Å²) >= 11 is 1.29. The topological polar surface area (TPSA) is 91.3 Å². The van der Waals surface area contributed by atoms with Crippen LogP contribution in [0.1, 0.15) is 34.1 Å². The third kappa shape index (κ3) is 3.33. The van der Waals surface area contributed by atoms with Gasteiger partial charge in [-0.1, -0.05) is 13.0 Å². The highest BCUT2D eigenvalue weighted by atomic mass is 32.1. The molecular weight excluding hydrogens is 408 g/mol. The van der Waals surface area contributed by atoms with E-state index in [1.165, 1.54) is 39.8 Å². The highest BCUT2D eigenvalue weighted by Gasteiger charge is 2.31. The number of phenolic OH excluding ortho intramolecular Hbond substituents is 1. The number of aromatic hydroxyl groups is 1. The highest BCUT2D eigenvalue weighted by Crippen LogP contribution is 2.49. The summed E-state index contributed by atoms with van der Waals surface area (Å²) in [5.74, 6) is -0.00950. The van der Waals surface area contributed by atoms with Gasteiger partial charge in [-0.25, -0.2) is 4.79 Å². The Morgan fingerprint density at radius 1 is 0.967 bits per heavy atom. The summed E-state index contributed by atoms with van der Waals surface area (Å²) in [5.41, 5.74) is 0.984. The van der Waals surface area contributed by atoms with Crippen LogP contribution in [0.3, 0.4) is 0 Å². The van der Waals surface area contributed by atoms with Gasteiger partial charge in [-0.15, -0.1) is 11.3 Å². The lowest BCUT2D eigenvalue weighted by atomic mass is 9.89. The minimum Gasteiger partial charge on any atom is -0.506 e. The quantitative estimate of drug-likeness (QED) is 0.430. The molecule has 0 radical (unpaired) electrons. The number of phenols is 1. The summed E-state index contributed by atoms with van der Waals surface area (Å²) in [6.07, 6.45) is 0.0981. The van der Waals surface area contributed by atoms with Crippen LogP contribution in [0.2, 0.25) is 0 Å². The maximum Gasteiger partial charge on any atom is 0.339 e. The van der Waals surface area contributed by atoms with Crippen LogP contribution in [0, 0.1) is 0 Å². The molecule has 0 atom stereocenters. The van der Waals surface area contributed by atoms with Gasteiger partial charge in [0.1, 0.15) is 11.5 Å². The van der Waals surface area contributed by atoms with Crippen molar-refractivity contribution in [2.45, 2.75) is 13.3 Å². The lowest BCUT2D eigenvalue weighted by Gasteiger charge is -2.17. The van der Waals surface area contributed by atoms with E-state index in [1.807, 2.05) is 0 Å². The lowest BCUT2D eigenvalue weighted by molar-refractivity contribution is 0.0597. The number of hydrogen-bond acceptors (Lipinski definition) is 8. The molecule has 0 amide bonds. The Balaban J connectivity index is 2.54. The predicted molar refractivity (Wildman–Crippen MR) is 115 cm³/mol. The molecule has 0 aliphatic heterocycles. The summed E-state index contributed by atoms with van der Waals surface area (Å²) in [7, 11) is 5.75. The Bertz CT molecular complexity index is 1130. The van der Waals surface area contributed by atoms with Gasteiger partial charge in [-0.3, -0.25) is 4.79 Å². The Hall–Kier alpha value is -3.26. The smallest absolute Gasteiger partial charge is 0.339 e. The molecule has 0 aliphatic rings. The molecule has 30 heavy (non-hydrogen) atoms. The van der Waals surface area contributed by atoms with E-state index in [1.54, 1.807) is 30.5 Å². The van der Waals surface area contributed by atoms with Crippen molar-refractivity contribution in [2.24, 2.45) is 0 Å². The van der Waals surface area contributed by atoms with Crippen molar-refractivity contribution in [1.82, 2.24) is 0 Å². The fourth-order valence-electron chi connectivity index (χ4n) is 3.40. The van der Waals surface area contributed by atoms with E-state index in [-0.39, 0.29) is 29.1 Å². The zero-order valence-electron chi connectivity index (χ0n) is 17.3. The van der Waals surface area contributed by atoms with E-state index in [0.29, 0.717) is 38.5 Å². The van der Waals surface area contributed by atoms with Crippen molar-refractivity contribution in [3.05, 3.63) is 34.7 Å². The highest BCUT2D eigenvalue weighted by molar-refractivity contribution is 7.18. The number of methoxy groups -OCH3 is 4. The van der Waals surface area contributed by atoms with Gasteiger partial charge in [-0.2, -0.15) is 0 Å². The normalized spacial score (nSPS) is 10.7. The first kappa shape index (κ1) is 21.4. The van der Waals surface area contributed by atoms with Crippen molar-refractivity contribution in [2.75, 3.05) is 28.4 Å². The van der Waals surface area contributed by atoms with Gasteiger partial charge in [-0.05, 0) is 17.7 Å². The van der Waals surface area contributed by atoms with E-state index in [4.69, 9.17) is 18.9 Å². The number of rotatable bonds is 7. The van der Waals surface area contributed by atoms with Crippen LogP contribution in [0.4, 0.5) is 0 Å². The fraction of sp³-hybridized carbons (Fsp3) is 0.273. The Kier molecular flexibility index (Phi) is 6.17. The third-order valence-corrected chi connectivity index (χ3v) is 5.82. The first-order valence-corrected chi connectivity index (χ1v) is 9.99. The van der Waals surface area contributed by atoms with E-state index in [0.717, 1.165) is 0 Å². The van der Waals surface area contributed by atoms with Crippen molar-refractivity contribution in [3.63, 3.8) is 0 Å². The van der Waals surface area contributed by atoms with Crippen molar-refractivity contribution < 1.29 is 33.6 Å². The molecule has 2 aromatic carbocycles. The molecule has 0 saturated carbocycles. The standard InChI is InChI=1S/C22H22O7S/c1-6-12(23)17-19(22(25)29-5)16(11-7-8-13(26-2)14(9-11)27-3)21-18(20(17)24)15(28-4)10-30-21/h7-10,24H,6H2,1-5H3. The number of benzene rings is 2. The summed E-state index contributed by atoms with van der Waals surface area (Å²) < 4.78 is 21.7. The van der Waals surface area contributed by atoms with Crippen LogP contribution in [0.15, 0.2) is 23.6 Å². The Morgan fingerprint density at radius 2 is 1.63 bits per heavy atom. The Morgan fingerprint density at radius 3 is 2.20 bits per heavy atom. The van der Waals surface area contributed by atoms with Crippen LogP contribution in [-0.4, -0.2) is 45.3 Å². The molecular formula is C22H22O7S. The molecule has 158 valence electrons. The number of thiophene rings is 1. The molecule has 3 rings (SSSR count). The van der Waals surface area contributed by atoms with Gasteiger partial charge in [0, 0.05) is 17.4 Å². The first-order valence-electron chi connectivity index (χ1n) is 9.11. The minimum absolute atomic E-state index is 0.00562. The Labute approximate surface area is 177 Å². The lowest BCUT2D eigenvalue weighted by Crippen LogP contribution is -2.13.